The lowest BCUT2D eigenvalue weighted by Gasteiger charge is -2.24. The molecule has 0 bridgehead atoms. The van der Waals surface area contributed by atoms with E-state index in [1.54, 1.807) is 13.8 Å². The van der Waals surface area contributed by atoms with Crippen LogP contribution in [0, 0.1) is 0 Å². The predicted octanol–water partition coefficient (Wildman–Crippen LogP) is 2.65. The van der Waals surface area contributed by atoms with Crippen LogP contribution in [0.4, 0.5) is 4.79 Å². The average Bonchev–Trinajstić information content (AvgIpc) is 3.09. The number of rotatable bonds is 9. The molecule has 3 rings (SSSR count). The van der Waals surface area contributed by atoms with E-state index in [1.165, 1.54) is 0 Å². The fourth-order valence-electron chi connectivity index (χ4n) is 3.69. The lowest BCUT2D eigenvalue weighted by Crippen LogP contribution is -2.51. The topological polar surface area (TPSA) is 125 Å². The van der Waals surface area contributed by atoms with Crippen molar-refractivity contribution in [1.82, 2.24) is 10.6 Å². The number of carbonyl (C=O) groups is 3. The first-order chi connectivity index (χ1) is 15.2. The Balaban J connectivity index is 1.64. The highest BCUT2D eigenvalue weighted by molar-refractivity contribution is 5.89. The smallest absolute Gasteiger partial charge is 0.407 e. The molecule has 0 fully saturated rings. The minimum atomic E-state index is -1.32. The highest BCUT2D eigenvalue weighted by atomic mass is 16.5. The number of hydrogen-bond acceptors (Lipinski definition) is 5. The highest BCUT2D eigenvalue weighted by Gasteiger charge is 2.30. The molecule has 0 saturated carbocycles. The summed E-state index contributed by atoms with van der Waals surface area (Å²) in [5, 5.41) is 24.0. The van der Waals surface area contributed by atoms with E-state index in [1.807, 2.05) is 48.5 Å². The Labute approximate surface area is 186 Å². The molecule has 1 aliphatic rings. The van der Waals surface area contributed by atoms with Crippen LogP contribution in [0.2, 0.25) is 0 Å². The van der Waals surface area contributed by atoms with E-state index in [0.717, 1.165) is 22.3 Å². The molecule has 2 unspecified atom stereocenters. The molecule has 2 atom stereocenters. The van der Waals surface area contributed by atoms with Crippen LogP contribution in [0.5, 0.6) is 0 Å². The van der Waals surface area contributed by atoms with Crippen molar-refractivity contribution in [3.63, 3.8) is 0 Å². The minimum Gasteiger partial charge on any atom is -0.481 e. The van der Waals surface area contributed by atoms with E-state index in [0.29, 0.717) is 6.42 Å². The van der Waals surface area contributed by atoms with Crippen molar-refractivity contribution in [2.24, 2.45) is 0 Å². The zero-order valence-corrected chi connectivity index (χ0v) is 18.1. The fraction of sp³-hybridized carbons (Fsp3) is 0.375. The first-order valence-electron chi connectivity index (χ1n) is 10.5. The summed E-state index contributed by atoms with van der Waals surface area (Å²) in [6.45, 7) is 3.30. The van der Waals surface area contributed by atoms with Gasteiger partial charge in [0.05, 0.1) is 12.0 Å². The van der Waals surface area contributed by atoms with Gasteiger partial charge in [0.15, 0.2) is 0 Å². The van der Waals surface area contributed by atoms with Gasteiger partial charge in [-0.15, -0.1) is 0 Å². The van der Waals surface area contributed by atoms with Crippen molar-refractivity contribution in [2.45, 2.75) is 44.2 Å². The van der Waals surface area contributed by atoms with Crippen molar-refractivity contribution < 1.29 is 29.3 Å². The minimum absolute atomic E-state index is 0.0474. The van der Waals surface area contributed by atoms with Crippen LogP contribution < -0.4 is 10.6 Å². The molecule has 1 aliphatic carbocycles. The lowest BCUT2D eigenvalue weighted by atomic mass is 9.98. The molecule has 2 aromatic rings. The normalized spacial score (nSPS) is 15.1. The summed E-state index contributed by atoms with van der Waals surface area (Å²) < 4.78 is 5.40. The number of carbonyl (C=O) groups excluding carboxylic acids is 2. The molecule has 32 heavy (non-hydrogen) atoms. The molecule has 2 aromatic carbocycles. The van der Waals surface area contributed by atoms with Gasteiger partial charge in [-0.05, 0) is 35.6 Å². The molecule has 0 aliphatic heterocycles. The highest BCUT2D eigenvalue weighted by Crippen LogP contribution is 2.44. The number of benzene rings is 2. The fourth-order valence-corrected chi connectivity index (χ4v) is 3.69. The van der Waals surface area contributed by atoms with E-state index in [4.69, 9.17) is 9.84 Å². The molecule has 8 heteroatoms. The third kappa shape index (κ3) is 5.45. The van der Waals surface area contributed by atoms with Gasteiger partial charge in [-0.25, -0.2) is 4.79 Å². The molecule has 0 spiro atoms. The first-order valence-corrected chi connectivity index (χ1v) is 10.5. The third-order valence-electron chi connectivity index (χ3n) is 5.74. The summed E-state index contributed by atoms with van der Waals surface area (Å²) in [7, 11) is 0. The van der Waals surface area contributed by atoms with Gasteiger partial charge in [-0.3, -0.25) is 9.59 Å². The molecule has 0 saturated heterocycles. The predicted molar refractivity (Wildman–Crippen MR) is 118 cm³/mol. The van der Waals surface area contributed by atoms with E-state index in [9.17, 15) is 19.5 Å². The van der Waals surface area contributed by atoms with Gasteiger partial charge in [-0.2, -0.15) is 0 Å². The molecule has 0 aromatic heterocycles. The van der Waals surface area contributed by atoms with Crippen molar-refractivity contribution in [3.05, 3.63) is 59.7 Å². The average molecular weight is 440 g/mol. The van der Waals surface area contributed by atoms with Crippen molar-refractivity contribution in [3.8, 4) is 11.1 Å². The van der Waals surface area contributed by atoms with E-state index >= 15 is 0 Å². The second kappa shape index (κ2) is 9.82. The van der Waals surface area contributed by atoms with Gasteiger partial charge in [0, 0.05) is 12.5 Å². The van der Waals surface area contributed by atoms with Gasteiger partial charge in [0.2, 0.25) is 5.91 Å². The number of aliphatic carboxylic acids is 1. The third-order valence-corrected chi connectivity index (χ3v) is 5.74. The quantitative estimate of drug-likeness (QED) is 0.475. The molecular weight excluding hydrogens is 412 g/mol. The van der Waals surface area contributed by atoms with Gasteiger partial charge in [0.25, 0.3) is 0 Å². The van der Waals surface area contributed by atoms with E-state index in [2.05, 4.69) is 10.6 Å². The second-order valence-corrected chi connectivity index (χ2v) is 8.19. The zero-order chi connectivity index (χ0) is 23.3. The van der Waals surface area contributed by atoms with Crippen LogP contribution in [-0.2, 0) is 14.3 Å². The number of hydrogen-bond donors (Lipinski definition) is 4. The molecular formula is C24H28N2O6. The molecule has 0 heterocycles. The monoisotopic (exact) mass is 440 g/mol. The summed E-state index contributed by atoms with van der Waals surface area (Å²) in [5.41, 5.74) is 3.13. The number of ether oxygens (including phenoxy) is 1. The Kier molecular flexibility index (Phi) is 7.15. The van der Waals surface area contributed by atoms with Crippen LogP contribution in [0.15, 0.2) is 48.5 Å². The Morgan fingerprint density at radius 1 is 1.06 bits per heavy atom. The number of nitrogens with one attached hydrogen (secondary N) is 2. The summed E-state index contributed by atoms with van der Waals surface area (Å²) in [6.07, 6.45) is -1.09. The standard InChI is InChI=1S/C24H28N2O6/c1-3-24(2,31)14-25-22(29)20(12-21(27)28)26-23(30)32-13-19-17-10-6-4-8-15(17)16-9-5-7-11-18(16)19/h4-11,19-20,31H,3,12-14H2,1-2H3,(H,25,29)(H,26,30)(H,27,28). The number of alkyl carbamates (subject to hydrolysis) is 1. The Morgan fingerprint density at radius 2 is 1.62 bits per heavy atom. The maximum atomic E-state index is 12.4. The summed E-state index contributed by atoms with van der Waals surface area (Å²) >= 11 is 0. The van der Waals surface area contributed by atoms with Crippen LogP contribution >= 0.6 is 0 Å². The molecule has 2 amide bonds. The molecule has 4 N–H and O–H groups in total. The van der Waals surface area contributed by atoms with Gasteiger partial charge in [0.1, 0.15) is 12.6 Å². The Hall–Kier alpha value is -3.39. The van der Waals surface area contributed by atoms with Gasteiger partial charge < -0.3 is 25.6 Å². The largest absolute Gasteiger partial charge is 0.481 e. The SMILES string of the molecule is CCC(C)(O)CNC(=O)C(CC(=O)O)NC(=O)OCC1c2ccccc2-c2ccccc21. The lowest BCUT2D eigenvalue weighted by molar-refractivity contribution is -0.140. The second-order valence-electron chi connectivity index (χ2n) is 8.19. The van der Waals surface area contributed by atoms with E-state index in [-0.39, 0.29) is 19.1 Å². The zero-order valence-electron chi connectivity index (χ0n) is 18.1. The van der Waals surface area contributed by atoms with Crippen LogP contribution in [-0.4, -0.2) is 53.0 Å². The van der Waals surface area contributed by atoms with Gasteiger partial charge >= 0.3 is 12.1 Å². The number of aliphatic hydroxyl groups is 1. The van der Waals surface area contributed by atoms with Crippen molar-refractivity contribution in [2.75, 3.05) is 13.2 Å². The summed E-state index contributed by atoms with van der Waals surface area (Å²) in [6, 6.07) is 14.5. The van der Waals surface area contributed by atoms with Crippen LogP contribution in [0.1, 0.15) is 43.7 Å². The maximum Gasteiger partial charge on any atom is 0.407 e. The first kappa shape index (κ1) is 23.3. The molecule has 0 radical (unpaired) electrons. The number of amides is 2. The van der Waals surface area contributed by atoms with Crippen LogP contribution in [0.25, 0.3) is 11.1 Å². The van der Waals surface area contributed by atoms with Crippen LogP contribution in [0.3, 0.4) is 0 Å². The number of carboxylic acid groups (broad SMARTS) is 1. The molecule has 8 nitrogen and oxygen atoms in total. The Bertz CT molecular complexity index is 958. The maximum absolute atomic E-state index is 12.4. The Morgan fingerprint density at radius 3 is 2.16 bits per heavy atom. The van der Waals surface area contributed by atoms with Crippen molar-refractivity contribution >= 4 is 18.0 Å². The summed E-state index contributed by atoms with van der Waals surface area (Å²) in [4.78, 5) is 36.0. The summed E-state index contributed by atoms with van der Waals surface area (Å²) in [5.74, 6) is -2.10. The van der Waals surface area contributed by atoms with Crippen molar-refractivity contribution in [1.29, 1.82) is 0 Å². The van der Waals surface area contributed by atoms with E-state index < -0.39 is 36.0 Å². The number of carboxylic acids is 1. The van der Waals surface area contributed by atoms with Gasteiger partial charge in [-0.1, -0.05) is 55.5 Å². The number of fused-ring (bicyclic) bond motifs is 3. The molecule has 170 valence electrons.